The number of halogens is 1. The molecular formula is C21H24FN3. The van der Waals surface area contributed by atoms with Crippen LogP contribution in [0.25, 0.3) is 11.4 Å². The van der Waals surface area contributed by atoms with Gasteiger partial charge < -0.3 is 0 Å². The van der Waals surface area contributed by atoms with Crippen LogP contribution in [0.4, 0.5) is 4.39 Å². The van der Waals surface area contributed by atoms with E-state index in [0.717, 1.165) is 23.8 Å². The number of aromatic nitrogens is 2. The van der Waals surface area contributed by atoms with Gasteiger partial charge in [-0.05, 0) is 48.4 Å². The lowest BCUT2D eigenvalue weighted by Crippen LogP contribution is -2.14. The molecule has 0 saturated heterocycles. The monoisotopic (exact) mass is 337 g/mol. The lowest BCUT2D eigenvalue weighted by atomic mass is 9.79. The van der Waals surface area contributed by atoms with Gasteiger partial charge in [-0.1, -0.05) is 39.0 Å². The highest BCUT2D eigenvalue weighted by atomic mass is 19.1. The predicted molar refractivity (Wildman–Crippen MR) is 96.2 cm³/mol. The smallest absolute Gasteiger partial charge is 0.159 e. The fraction of sp³-hybridized carbons (Fsp3) is 0.476. The molecule has 0 bridgehead atoms. The molecule has 1 fully saturated rings. The standard InChI is InChI=1S/C21H24FN3/c1-2-15-3-5-16(6-4-15)7-8-17-13-24-21(25-14-17)18-9-10-19(12-23)20(22)11-18/h9-11,13-16H,2-8H2,1H3/t15-,16-. The van der Waals surface area contributed by atoms with Crippen LogP contribution in [-0.4, -0.2) is 9.97 Å². The Kier molecular flexibility index (Phi) is 5.75. The van der Waals surface area contributed by atoms with E-state index in [0.29, 0.717) is 11.4 Å². The molecule has 0 N–H and O–H groups in total. The van der Waals surface area contributed by atoms with Gasteiger partial charge in [-0.25, -0.2) is 14.4 Å². The van der Waals surface area contributed by atoms with E-state index in [9.17, 15) is 4.39 Å². The molecule has 0 radical (unpaired) electrons. The van der Waals surface area contributed by atoms with Crippen LogP contribution in [0.5, 0.6) is 0 Å². The van der Waals surface area contributed by atoms with Gasteiger partial charge in [0.1, 0.15) is 11.9 Å². The first-order valence-corrected chi connectivity index (χ1v) is 9.20. The van der Waals surface area contributed by atoms with Crippen LogP contribution < -0.4 is 0 Å². The second-order valence-electron chi connectivity index (χ2n) is 7.06. The molecule has 1 aromatic carbocycles. The molecule has 1 aliphatic rings. The van der Waals surface area contributed by atoms with E-state index in [2.05, 4.69) is 16.9 Å². The van der Waals surface area contributed by atoms with Gasteiger partial charge in [-0.15, -0.1) is 0 Å². The highest BCUT2D eigenvalue weighted by Gasteiger charge is 2.19. The van der Waals surface area contributed by atoms with Gasteiger partial charge in [-0.3, -0.25) is 0 Å². The van der Waals surface area contributed by atoms with Crippen molar-refractivity contribution in [3.05, 3.63) is 47.5 Å². The van der Waals surface area contributed by atoms with E-state index in [4.69, 9.17) is 5.26 Å². The summed E-state index contributed by atoms with van der Waals surface area (Å²) in [5, 5.41) is 8.79. The van der Waals surface area contributed by atoms with Crippen LogP contribution in [0.15, 0.2) is 30.6 Å². The van der Waals surface area contributed by atoms with E-state index in [1.165, 1.54) is 50.7 Å². The third kappa shape index (κ3) is 4.42. The molecule has 0 amide bonds. The first-order chi connectivity index (χ1) is 12.2. The number of aryl methyl sites for hydroxylation is 1. The van der Waals surface area contributed by atoms with Crippen molar-refractivity contribution in [2.45, 2.75) is 51.9 Å². The zero-order valence-electron chi connectivity index (χ0n) is 14.7. The lowest BCUT2D eigenvalue weighted by molar-refractivity contribution is 0.258. The summed E-state index contributed by atoms with van der Waals surface area (Å²) in [4.78, 5) is 8.75. The van der Waals surface area contributed by atoms with E-state index in [-0.39, 0.29) is 5.56 Å². The maximum absolute atomic E-state index is 13.7. The minimum Gasteiger partial charge on any atom is -0.236 e. The van der Waals surface area contributed by atoms with Crippen LogP contribution in [-0.2, 0) is 6.42 Å². The normalized spacial score (nSPS) is 20.2. The molecule has 0 spiro atoms. The Morgan fingerprint density at radius 3 is 2.40 bits per heavy atom. The molecule has 3 rings (SSSR count). The zero-order valence-corrected chi connectivity index (χ0v) is 14.7. The Balaban J connectivity index is 1.57. The van der Waals surface area contributed by atoms with Gasteiger partial charge in [0.15, 0.2) is 5.82 Å². The summed E-state index contributed by atoms with van der Waals surface area (Å²) in [5.74, 6) is 1.73. The quantitative estimate of drug-likeness (QED) is 0.743. The number of nitriles is 1. The van der Waals surface area contributed by atoms with Crippen molar-refractivity contribution in [3.63, 3.8) is 0 Å². The average Bonchev–Trinajstić information content (AvgIpc) is 2.67. The Morgan fingerprint density at radius 2 is 1.80 bits per heavy atom. The van der Waals surface area contributed by atoms with Crippen LogP contribution >= 0.6 is 0 Å². The summed E-state index contributed by atoms with van der Waals surface area (Å²) in [6.45, 7) is 2.30. The SMILES string of the molecule is CC[C@H]1CC[C@H](CCc2cnc(-c3ccc(C#N)c(F)c3)nc2)CC1. The molecule has 25 heavy (non-hydrogen) atoms. The molecule has 0 unspecified atom stereocenters. The van der Waals surface area contributed by atoms with Crippen LogP contribution in [0, 0.1) is 29.0 Å². The summed E-state index contributed by atoms with van der Waals surface area (Å²) in [7, 11) is 0. The third-order valence-corrected chi connectivity index (χ3v) is 5.44. The Hall–Kier alpha value is -2.28. The first-order valence-electron chi connectivity index (χ1n) is 9.20. The summed E-state index contributed by atoms with van der Waals surface area (Å²) in [6, 6.07) is 6.29. The fourth-order valence-electron chi connectivity index (χ4n) is 3.68. The molecule has 0 atom stereocenters. The van der Waals surface area contributed by atoms with Crippen molar-refractivity contribution in [1.82, 2.24) is 9.97 Å². The van der Waals surface area contributed by atoms with Crippen LogP contribution in [0.1, 0.15) is 56.6 Å². The molecule has 0 aliphatic heterocycles. The third-order valence-electron chi connectivity index (χ3n) is 5.44. The first kappa shape index (κ1) is 17.5. The van der Waals surface area contributed by atoms with Gasteiger partial charge in [0.25, 0.3) is 0 Å². The number of nitrogens with zero attached hydrogens (tertiary/aromatic N) is 3. The van der Waals surface area contributed by atoms with Crippen molar-refractivity contribution >= 4 is 0 Å². The summed E-state index contributed by atoms with van der Waals surface area (Å²) in [5.41, 5.74) is 1.77. The van der Waals surface area contributed by atoms with Crippen molar-refractivity contribution < 1.29 is 4.39 Å². The maximum Gasteiger partial charge on any atom is 0.159 e. The molecule has 130 valence electrons. The van der Waals surface area contributed by atoms with Gasteiger partial charge >= 0.3 is 0 Å². The number of rotatable bonds is 5. The molecule has 1 aromatic heterocycles. The Morgan fingerprint density at radius 1 is 1.12 bits per heavy atom. The Bertz CT molecular complexity index is 741. The molecule has 2 aromatic rings. The van der Waals surface area contributed by atoms with Gasteiger partial charge in [-0.2, -0.15) is 5.26 Å². The molecule has 4 heteroatoms. The molecule has 3 nitrogen and oxygen atoms in total. The molecule has 1 aliphatic carbocycles. The predicted octanol–water partition coefficient (Wildman–Crippen LogP) is 5.30. The molecule has 1 saturated carbocycles. The number of benzene rings is 1. The minimum atomic E-state index is -0.532. The average molecular weight is 337 g/mol. The second kappa shape index (κ2) is 8.20. The highest BCUT2D eigenvalue weighted by molar-refractivity contribution is 5.56. The van der Waals surface area contributed by atoms with Gasteiger partial charge in [0, 0.05) is 18.0 Å². The maximum atomic E-state index is 13.7. The van der Waals surface area contributed by atoms with Gasteiger partial charge in [0.2, 0.25) is 0 Å². The molecular weight excluding hydrogens is 313 g/mol. The van der Waals surface area contributed by atoms with E-state index in [1.54, 1.807) is 6.07 Å². The fourth-order valence-corrected chi connectivity index (χ4v) is 3.68. The van der Waals surface area contributed by atoms with Crippen molar-refractivity contribution in [2.75, 3.05) is 0 Å². The minimum absolute atomic E-state index is 0.0400. The van der Waals surface area contributed by atoms with Gasteiger partial charge in [0.05, 0.1) is 5.56 Å². The van der Waals surface area contributed by atoms with Crippen molar-refractivity contribution in [2.24, 2.45) is 11.8 Å². The van der Waals surface area contributed by atoms with Crippen molar-refractivity contribution in [3.8, 4) is 17.5 Å². The molecule has 1 heterocycles. The highest BCUT2D eigenvalue weighted by Crippen LogP contribution is 2.33. The number of hydrogen-bond acceptors (Lipinski definition) is 3. The zero-order chi connectivity index (χ0) is 17.6. The summed E-state index contributed by atoms with van der Waals surface area (Å²) < 4.78 is 13.7. The van der Waals surface area contributed by atoms with Crippen molar-refractivity contribution in [1.29, 1.82) is 5.26 Å². The van der Waals surface area contributed by atoms with Crippen LogP contribution in [0.3, 0.4) is 0 Å². The summed E-state index contributed by atoms with van der Waals surface area (Å²) >= 11 is 0. The lowest BCUT2D eigenvalue weighted by Gasteiger charge is -2.27. The van der Waals surface area contributed by atoms with E-state index >= 15 is 0 Å². The topological polar surface area (TPSA) is 49.6 Å². The largest absolute Gasteiger partial charge is 0.236 e. The van der Waals surface area contributed by atoms with Crippen LogP contribution in [0.2, 0.25) is 0 Å². The summed E-state index contributed by atoms with van der Waals surface area (Å²) in [6.07, 6.45) is 12.7. The Labute approximate surface area is 148 Å². The second-order valence-corrected chi connectivity index (χ2v) is 7.06. The number of hydrogen-bond donors (Lipinski definition) is 0. The van der Waals surface area contributed by atoms with E-state index in [1.807, 2.05) is 18.5 Å². The van der Waals surface area contributed by atoms with E-state index < -0.39 is 5.82 Å².